The van der Waals surface area contributed by atoms with Crippen molar-refractivity contribution in [1.82, 2.24) is 24.8 Å². The molecule has 3 aromatic rings. The molecular formula is C19H18N6O4. The van der Waals surface area contributed by atoms with Crippen LogP contribution in [-0.2, 0) is 19.5 Å². The number of hydrogen-bond donors (Lipinski definition) is 1. The summed E-state index contributed by atoms with van der Waals surface area (Å²) in [6, 6.07) is 4.89. The van der Waals surface area contributed by atoms with Crippen molar-refractivity contribution in [2.45, 2.75) is 19.5 Å². The fraction of sp³-hybridized carbons (Fsp3) is 0.263. The number of nitro benzene ring substituents is 1. The Kier molecular flexibility index (Phi) is 5.00. The van der Waals surface area contributed by atoms with Crippen LogP contribution in [0.15, 0.2) is 41.7 Å². The molecule has 0 saturated heterocycles. The third kappa shape index (κ3) is 3.83. The number of rotatable bonds is 5. The Balaban J connectivity index is 1.56. The second-order valence-electron chi connectivity index (χ2n) is 6.69. The van der Waals surface area contributed by atoms with Crippen LogP contribution in [0, 0.1) is 10.1 Å². The van der Waals surface area contributed by atoms with Gasteiger partial charge in [-0.1, -0.05) is 6.07 Å². The second-order valence-corrected chi connectivity index (χ2v) is 6.69. The van der Waals surface area contributed by atoms with E-state index in [2.05, 4.69) is 24.8 Å². The van der Waals surface area contributed by atoms with Crippen LogP contribution in [0.3, 0.4) is 0 Å². The number of hydrogen-bond acceptors (Lipinski definition) is 8. The third-order valence-corrected chi connectivity index (χ3v) is 4.83. The molecule has 10 nitrogen and oxygen atoms in total. The van der Waals surface area contributed by atoms with E-state index < -0.39 is 4.92 Å². The summed E-state index contributed by atoms with van der Waals surface area (Å²) < 4.78 is 5.04. The van der Waals surface area contributed by atoms with E-state index in [9.17, 15) is 14.9 Å². The number of ether oxygens (including phenoxy) is 1. The molecule has 1 aliphatic rings. The summed E-state index contributed by atoms with van der Waals surface area (Å²) in [5, 5.41) is 11.2. The van der Waals surface area contributed by atoms with E-state index in [0.29, 0.717) is 43.0 Å². The number of nitrogens with one attached hydrogen (secondary N) is 1. The first-order valence-corrected chi connectivity index (χ1v) is 8.96. The van der Waals surface area contributed by atoms with Crippen LogP contribution < -0.4 is 10.3 Å². The fourth-order valence-electron chi connectivity index (χ4n) is 3.41. The zero-order valence-electron chi connectivity index (χ0n) is 15.7. The van der Waals surface area contributed by atoms with Gasteiger partial charge in [0, 0.05) is 44.5 Å². The van der Waals surface area contributed by atoms with Crippen molar-refractivity contribution in [3.63, 3.8) is 0 Å². The third-order valence-electron chi connectivity index (χ3n) is 4.83. The summed E-state index contributed by atoms with van der Waals surface area (Å²) in [5.41, 5.74) is 2.53. The second kappa shape index (κ2) is 7.76. The molecule has 1 N–H and O–H groups in total. The predicted molar refractivity (Wildman–Crippen MR) is 103 cm³/mol. The molecule has 148 valence electrons. The van der Waals surface area contributed by atoms with Gasteiger partial charge in [-0.15, -0.1) is 0 Å². The van der Waals surface area contributed by atoms with Gasteiger partial charge in [-0.3, -0.25) is 19.8 Å². The van der Waals surface area contributed by atoms with E-state index in [1.54, 1.807) is 24.5 Å². The number of H-pyrrole nitrogens is 1. The van der Waals surface area contributed by atoms with Gasteiger partial charge in [-0.05, 0) is 11.6 Å². The predicted octanol–water partition coefficient (Wildman–Crippen LogP) is 1.70. The molecule has 0 spiro atoms. The number of aromatic nitrogens is 4. The molecule has 0 atom stereocenters. The van der Waals surface area contributed by atoms with Crippen LogP contribution in [-0.4, -0.2) is 43.4 Å². The quantitative estimate of drug-likeness (QED) is 0.512. The Morgan fingerprint density at radius 2 is 2.10 bits per heavy atom. The molecule has 0 amide bonds. The number of benzene rings is 1. The SMILES string of the molecule is COc1ccc(CN2CCc3nc(-c4cncnc4)[nH]c(=O)c3C2)cc1[N+](=O)[O-]. The highest BCUT2D eigenvalue weighted by molar-refractivity contribution is 5.52. The van der Waals surface area contributed by atoms with Gasteiger partial charge in [0.15, 0.2) is 5.75 Å². The molecule has 0 aliphatic carbocycles. The molecule has 0 radical (unpaired) electrons. The first-order valence-electron chi connectivity index (χ1n) is 8.96. The molecule has 0 unspecified atom stereocenters. The van der Waals surface area contributed by atoms with Crippen molar-refractivity contribution in [3.8, 4) is 17.1 Å². The summed E-state index contributed by atoms with van der Waals surface area (Å²) in [5.74, 6) is 0.675. The van der Waals surface area contributed by atoms with Crippen molar-refractivity contribution in [2.75, 3.05) is 13.7 Å². The maximum absolute atomic E-state index is 12.6. The zero-order valence-corrected chi connectivity index (χ0v) is 15.7. The van der Waals surface area contributed by atoms with Gasteiger partial charge in [0.25, 0.3) is 5.56 Å². The lowest BCUT2D eigenvalue weighted by Crippen LogP contribution is -2.35. The van der Waals surface area contributed by atoms with E-state index in [1.165, 1.54) is 19.5 Å². The van der Waals surface area contributed by atoms with Gasteiger partial charge in [0.2, 0.25) is 0 Å². The molecule has 3 heterocycles. The summed E-state index contributed by atoms with van der Waals surface area (Å²) in [6.07, 6.45) is 5.23. The van der Waals surface area contributed by atoms with Gasteiger partial charge in [0.1, 0.15) is 12.2 Å². The summed E-state index contributed by atoms with van der Waals surface area (Å²) in [7, 11) is 1.40. The van der Waals surface area contributed by atoms with Crippen LogP contribution in [0.2, 0.25) is 0 Å². The van der Waals surface area contributed by atoms with Gasteiger partial charge < -0.3 is 9.72 Å². The van der Waals surface area contributed by atoms with Crippen molar-refractivity contribution in [1.29, 1.82) is 0 Å². The van der Waals surface area contributed by atoms with Crippen LogP contribution in [0.25, 0.3) is 11.4 Å². The lowest BCUT2D eigenvalue weighted by molar-refractivity contribution is -0.385. The first-order chi connectivity index (χ1) is 14.0. The van der Waals surface area contributed by atoms with Gasteiger partial charge in [0.05, 0.1) is 28.9 Å². The number of fused-ring (bicyclic) bond motifs is 1. The number of aromatic amines is 1. The van der Waals surface area contributed by atoms with Crippen LogP contribution in [0.1, 0.15) is 16.8 Å². The van der Waals surface area contributed by atoms with Crippen LogP contribution >= 0.6 is 0 Å². The van der Waals surface area contributed by atoms with Crippen LogP contribution in [0.4, 0.5) is 5.69 Å². The van der Waals surface area contributed by atoms with Gasteiger partial charge >= 0.3 is 5.69 Å². The monoisotopic (exact) mass is 394 g/mol. The standard InChI is InChI=1S/C19H18N6O4/c1-29-17-3-2-12(6-16(17)25(27)28)9-24-5-4-15-14(10-24)19(26)23-18(22-15)13-7-20-11-21-8-13/h2-3,6-8,11H,4-5,9-10H2,1H3,(H,22,23,26). The van der Waals surface area contributed by atoms with Gasteiger partial charge in [-0.2, -0.15) is 0 Å². The summed E-state index contributed by atoms with van der Waals surface area (Å²) in [4.78, 5) is 40.7. The average Bonchev–Trinajstić information content (AvgIpc) is 2.74. The lowest BCUT2D eigenvalue weighted by Gasteiger charge is -2.27. The Morgan fingerprint density at radius 1 is 1.31 bits per heavy atom. The molecule has 1 aliphatic heterocycles. The molecule has 0 bridgehead atoms. The highest BCUT2D eigenvalue weighted by atomic mass is 16.6. The maximum Gasteiger partial charge on any atom is 0.311 e. The smallest absolute Gasteiger partial charge is 0.311 e. The van der Waals surface area contributed by atoms with Gasteiger partial charge in [-0.25, -0.2) is 15.0 Å². The summed E-state index contributed by atoms with van der Waals surface area (Å²) >= 11 is 0. The molecule has 1 aromatic carbocycles. The van der Waals surface area contributed by atoms with Crippen molar-refractivity contribution in [3.05, 3.63) is 74.2 Å². The van der Waals surface area contributed by atoms with Crippen molar-refractivity contribution in [2.24, 2.45) is 0 Å². The molecule has 2 aromatic heterocycles. The topological polar surface area (TPSA) is 127 Å². The van der Waals surface area contributed by atoms with E-state index in [4.69, 9.17) is 4.74 Å². The molecule has 4 rings (SSSR count). The number of nitro groups is 1. The highest BCUT2D eigenvalue weighted by Gasteiger charge is 2.23. The molecule has 0 saturated carbocycles. The molecule has 29 heavy (non-hydrogen) atoms. The minimum atomic E-state index is -0.461. The van der Waals surface area contributed by atoms with Crippen LogP contribution in [0.5, 0.6) is 5.75 Å². The average molecular weight is 394 g/mol. The zero-order chi connectivity index (χ0) is 20.4. The van der Waals surface area contributed by atoms with E-state index in [0.717, 1.165) is 11.3 Å². The van der Waals surface area contributed by atoms with E-state index in [1.807, 2.05) is 0 Å². The maximum atomic E-state index is 12.6. The molecular weight excluding hydrogens is 376 g/mol. The Labute approximate surface area is 165 Å². The molecule has 10 heteroatoms. The van der Waals surface area contributed by atoms with E-state index >= 15 is 0 Å². The minimum absolute atomic E-state index is 0.0726. The number of methoxy groups -OCH3 is 1. The van der Waals surface area contributed by atoms with E-state index in [-0.39, 0.29) is 17.0 Å². The largest absolute Gasteiger partial charge is 0.490 e. The summed E-state index contributed by atoms with van der Waals surface area (Å²) in [6.45, 7) is 1.59. The Bertz CT molecular complexity index is 1120. The number of nitrogens with zero attached hydrogens (tertiary/aromatic N) is 5. The highest BCUT2D eigenvalue weighted by Crippen LogP contribution is 2.28. The Morgan fingerprint density at radius 3 is 2.83 bits per heavy atom. The van der Waals surface area contributed by atoms with Crippen molar-refractivity contribution < 1.29 is 9.66 Å². The minimum Gasteiger partial charge on any atom is -0.490 e. The Hall–Kier alpha value is -3.66. The first kappa shape index (κ1) is 18.7. The molecule has 0 fully saturated rings. The fourth-order valence-corrected chi connectivity index (χ4v) is 3.41. The normalized spacial score (nSPS) is 13.7. The lowest BCUT2D eigenvalue weighted by atomic mass is 10.1. The van der Waals surface area contributed by atoms with Crippen molar-refractivity contribution >= 4 is 5.69 Å².